The first-order valence-corrected chi connectivity index (χ1v) is 6.80. The lowest BCUT2D eigenvalue weighted by Crippen LogP contribution is -2.34. The van der Waals surface area contributed by atoms with Crippen molar-refractivity contribution in [1.82, 2.24) is 5.32 Å². The smallest absolute Gasteiger partial charge is 0.261 e. The molecule has 0 aromatic carbocycles. The van der Waals surface area contributed by atoms with E-state index in [1.54, 1.807) is 13.2 Å². The van der Waals surface area contributed by atoms with Crippen LogP contribution in [0, 0.1) is 12.3 Å². The molecule has 0 saturated heterocycles. The van der Waals surface area contributed by atoms with Gasteiger partial charge < -0.3 is 15.8 Å². The molecular formula is C13H22N2O2S. The minimum absolute atomic E-state index is 0.0313. The Bertz CT molecular complexity index is 394. The molecular weight excluding hydrogens is 248 g/mol. The van der Waals surface area contributed by atoms with Crippen LogP contribution in [0.4, 0.5) is 5.69 Å². The molecule has 0 aliphatic carbocycles. The van der Waals surface area contributed by atoms with Crippen LogP contribution in [0.2, 0.25) is 0 Å². The average molecular weight is 270 g/mol. The number of anilines is 1. The van der Waals surface area contributed by atoms with E-state index in [9.17, 15) is 4.79 Å². The molecule has 0 unspecified atom stereocenters. The van der Waals surface area contributed by atoms with Gasteiger partial charge in [-0.15, -0.1) is 11.3 Å². The van der Waals surface area contributed by atoms with Crippen LogP contribution in [0.25, 0.3) is 0 Å². The van der Waals surface area contributed by atoms with Gasteiger partial charge in [0, 0.05) is 30.8 Å². The molecule has 0 radical (unpaired) electrons. The molecule has 1 aromatic rings. The van der Waals surface area contributed by atoms with Gasteiger partial charge in [0.15, 0.2) is 0 Å². The number of aryl methyl sites for hydroxylation is 1. The summed E-state index contributed by atoms with van der Waals surface area (Å²) in [5.41, 5.74) is 6.46. The first kappa shape index (κ1) is 15.0. The molecule has 18 heavy (non-hydrogen) atoms. The highest BCUT2D eigenvalue weighted by molar-refractivity contribution is 7.14. The Hall–Kier alpha value is -1.07. The summed E-state index contributed by atoms with van der Waals surface area (Å²) in [5, 5.41) is 2.95. The number of carbonyl (C=O) groups excluding carboxylic acids is 1. The fourth-order valence-corrected chi connectivity index (χ4v) is 2.34. The van der Waals surface area contributed by atoms with Gasteiger partial charge in [-0.3, -0.25) is 4.79 Å². The minimum Gasteiger partial charge on any atom is -0.398 e. The van der Waals surface area contributed by atoms with Gasteiger partial charge in [0.25, 0.3) is 5.91 Å². The predicted octanol–water partition coefficient (Wildman–Crippen LogP) is 2.43. The lowest BCUT2D eigenvalue weighted by molar-refractivity contribution is 0.0925. The highest BCUT2D eigenvalue weighted by Crippen LogP contribution is 2.24. The molecule has 1 aromatic heterocycles. The van der Waals surface area contributed by atoms with Gasteiger partial charge >= 0.3 is 0 Å². The van der Waals surface area contributed by atoms with Crippen LogP contribution >= 0.6 is 11.3 Å². The summed E-state index contributed by atoms with van der Waals surface area (Å²) < 4.78 is 5.06. The zero-order valence-corrected chi connectivity index (χ0v) is 12.3. The van der Waals surface area contributed by atoms with Crippen molar-refractivity contribution in [3.63, 3.8) is 0 Å². The van der Waals surface area contributed by atoms with Gasteiger partial charge in [0.1, 0.15) is 0 Å². The van der Waals surface area contributed by atoms with Crippen LogP contribution in [-0.2, 0) is 4.74 Å². The molecule has 0 saturated carbocycles. The van der Waals surface area contributed by atoms with E-state index in [0.29, 0.717) is 23.7 Å². The molecule has 1 amide bonds. The Morgan fingerprint density at radius 3 is 2.72 bits per heavy atom. The van der Waals surface area contributed by atoms with Gasteiger partial charge in [0.05, 0.1) is 4.88 Å². The lowest BCUT2D eigenvalue weighted by Gasteiger charge is -2.24. The summed E-state index contributed by atoms with van der Waals surface area (Å²) in [5.74, 6) is -0.0507. The van der Waals surface area contributed by atoms with Gasteiger partial charge in [0.2, 0.25) is 0 Å². The van der Waals surface area contributed by atoms with Crippen molar-refractivity contribution in [2.75, 3.05) is 26.0 Å². The molecule has 0 aliphatic heterocycles. The molecule has 5 heteroatoms. The molecule has 0 atom stereocenters. The Balaban J connectivity index is 2.50. The maximum absolute atomic E-state index is 11.9. The Morgan fingerprint density at radius 1 is 1.56 bits per heavy atom. The number of amides is 1. The summed E-state index contributed by atoms with van der Waals surface area (Å²) in [6.45, 7) is 7.47. The van der Waals surface area contributed by atoms with Gasteiger partial charge in [-0.05, 0) is 24.8 Å². The summed E-state index contributed by atoms with van der Waals surface area (Å²) >= 11 is 1.43. The summed E-state index contributed by atoms with van der Waals surface area (Å²) in [4.78, 5) is 13.6. The molecule has 3 N–H and O–H groups in total. The molecule has 1 heterocycles. The molecule has 0 aliphatic rings. The van der Waals surface area contributed by atoms with Crippen molar-refractivity contribution in [2.45, 2.75) is 27.2 Å². The third-order valence-corrected chi connectivity index (χ3v) is 3.96. The normalized spacial score (nSPS) is 11.6. The first-order chi connectivity index (χ1) is 8.35. The van der Waals surface area contributed by atoms with Crippen molar-refractivity contribution < 1.29 is 9.53 Å². The van der Waals surface area contributed by atoms with Gasteiger partial charge in [-0.1, -0.05) is 13.8 Å². The van der Waals surface area contributed by atoms with E-state index in [1.807, 2.05) is 6.92 Å². The number of hydrogen-bond acceptors (Lipinski definition) is 4. The number of carbonyl (C=O) groups is 1. The summed E-state index contributed by atoms with van der Waals surface area (Å²) in [7, 11) is 1.69. The monoisotopic (exact) mass is 270 g/mol. The molecule has 1 rings (SSSR count). The third kappa shape index (κ3) is 4.31. The van der Waals surface area contributed by atoms with Gasteiger partial charge in [-0.25, -0.2) is 0 Å². The Kier molecular flexibility index (Phi) is 5.16. The average Bonchev–Trinajstić information content (AvgIpc) is 2.64. The number of hydrogen-bond donors (Lipinski definition) is 2. The zero-order chi connectivity index (χ0) is 13.8. The predicted molar refractivity (Wildman–Crippen MR) is 76.1 cm³/mol. The van der Waals surface area contributed by atoms with E-state index < -0.39 is 0 Å². The number of rotatable bonds is 6. The van der Waals surface area contributed by atoms with E-state index in [1.165, 1.54) is 11.3 Å². The first-order valence-electron chi connectivity index (χ1n) is 5.99. The van der Waals surface area contributed by atoms with Crippen LogP contribution in [0.15, 0.2) is 6.07 Å². The number of nitrogens with two attached hydrogens (primary N) is 1. The minimum atomic E-state index is -0.0507. The van der Waals surface area contributed by atoms with Crippen molar-refractivity contribution in [1.29, 1.82) is 0 Å². The zero-order valence-electron chi connectivity index (χ0n) is 11.5. The number of thiophene rings is 1. The largest absolute Gasteiger partial charge is 0.398 e. The maximum atomic E-state index is 11.9. The lowest BCUT2D eigenvalue weighted by atomic mass is 9.90. The maximum Gasteiger partial charge on any atom is 0.261 e. The van der Waals surface area contributed by atoms with E-state index in [4.69, 9.17) is 10.5 Å². The summed E-state index contributed by atoms with van der Waals surface area (Å²) in [6.07, 6.45) is 0.912. The molecule has 4 nitrogen and oxygen atoms in total. The fourth-order valence-electron chi connectivity index (χ4n) is 1.48. The SMILES string of the molecule is COCCC(C)(C)CNC(=O)c1cc(N)c(C)s1. The molecule has 0 fully saturated rings. The van der Waals surface area contributed by atoms with E-state index in [2.05, 4.69) is 19.2 Å². The van der Waals surface area contributed by atoms with Crippen molar-refractivity contribution >= 4 is 22.9 Å². The van der Waals surface area contributed by atoms with Crippen LogP contribution in [0.1, 0.15) is 34.8 Å². The fraction of sp³-hybridized carbons (Fsp3) is 0.615. The van der Waals surface area contributed by atoms with Crippen LogP contribution in [0.5, 0.6) is 0 Å². The van der Waals surface area contributed by atoms with E-state index >= 15 is 0 Å². The van der Waals surface area contributed by atoms with Crippen molar-refractivity contribution in [3.05, 3.63) is 15.8 Å². The second-order valence-electron chi connectivity index (χ2n) is 5.21. The van der Waals surface area contributed by atoms with Gasteiger partial charge in [-0.2, -0.15) is 0 Å². The Morgan fingerprint density at radius 2 is 2.22 bits per heavy atom. The highest BCUT2D eigenvalue weighted by atomic mass is 32.1. The van der Waals surface area contributed by atoms with E-state index in [-0.39, 0.29) is 11.3 Å². The third-order valence-electron chi connectivity index (χ3n) is 2.89. The quantitative estimate of drug-likeness (QED) is 0.834. The second kappa shape index (κ2) is 6.20. The summed E-state index contributed by atoms with van der Waals surface area (Å²) in [6, 6.07) is 1.73. The standard InChI is InChI=1S/C13H22N2O2S/c1-9-10(14)7-11(18-9)12(16)15-8-13(2,3)5-6-17-4/h7H,5-6,8,14H2,1-4H3,(H,15,16). The van der Waals surface area contributed by atoms with Crippen molar-refractivity contribution in [2.24, 2.45) is 5.41 Å². The van der Waals surface area contributed by atoms with Crippen LogP contribution in [0.3, 0.4) is 0 Å². The number of ether oxygens (including phenoxy) is 1. The van der Waals surface area contributed by atoms with Crippen molar-refractivity contribution in [3.8, 4) is 0 Å². The van der Waals surface area contributed by atoms with Crippen LogP contribution in [-0.4, -0.2) is 26.2 Å². The van der Waals surface area contributed by atoms with Crippen LogP contribution < -0.4 is 11.1 Å². The number of nitrogens with one attached hydrogen (secondary N) is 1. The Labute approximate surface area is 113 Å². The second-order valence-corrected chi connectivity index (χ2v) is 6.47. The highest BCUT2D eigenvalue weighted by Gasteiger charge is 2.19. The number of nitrogen functional groups attached to an aromatic ring is 1. The topological polar surface area (TPSA) is 64.3 Å². The van der Waals surface area contributed by atoms with E-state index in [0.717, 1.165) is 11.3 Å². The number of methoxy groups -OCH3 is 1. The molecule has 0 bridgehead atoms. The molecule has 0 spiro atoms. The molecule has 102 valence electrons.